The zero-order valence-electron chi connectivity index (χ0n) is 14.7. The molecular weight excluding hydrogens is 370 g/mol. The minimum atomic E-state index is -1.26. The number of nitrogens with zero attached hydrogens (tertiary/aromatic N) is 4. The molecule has 0 radical (unpaired) electrons. The van der Waals surface area contributed by atoms with Crippen LogP contribution in [-0.2, 0) is 22.4 Å². The lowest BCUT2D eigenvalue weighted by molar-refractivity contribution is -0.134. The van der Waals surface area contributed by atoms with Crippen molar-refractivity contribution >= 4 is 29.5 Å². The smallest absolute Gasteiger partial charge is 0.328 e. The second-order valence-corrected chi connectivity index (χ2v) is 6.88. The van der Waals surface area contributed by atoms with Crippen LogP contribution in [0.4, 0.5) is 5.82 Å². The van der Waals surface area contributed by atoms with E-state index in [0.717, 1.165) is 49.9 Å². The van der Waals surface area contributed by atoms with Gasteiger partial charge in [0.1, 0.15) is 11.6 Å². The van der Waals surface area contributed by atoms with Gasteiger partial charge in [0, 0.05) is 38.3 Å². The van der Waals surface area contributed by atoms with Gasteiger partial charge in [-0.3, -0.25) is 0 Å². The Balaban J connectivity index is 0.000000279. The number of fused-ring (bicyclic) bond motifs is 1. The number of piperazine rings is 1. The molecule has 27 heavy (non-hydrogen) atoms. The van der Waals surface area contributed by atoms with Gasteiger partial charge in [0.25, 0.3) is 0 Å². The predicted octanol–water partition coefficient (Wildman–Crippen LogP) is 0.702. The molecule has 1 aromatic rings. The van der Waals surface area contributed by atoms with Gasteiger partial charge in [0.15, 0.2) is 0 Å². The molecular formula is C17H21N5O4S. The molecule has 3 heterocycles. The maximum absolute atomic E-state index is 9.55. The minimum Gasteiger partial charge on any atom is -0.478 e. The van der Waals surface area contributed by atoms with E-state index in [0.29, 0.717) is 24.4 Å². The number of aryl methyl sites for hydroxylation is 1. The lowest BCUT2D eigenvalue weighted by atomic mass is 10.2. The normalized spacial score (nSPS) is 16.0. The van der Waals surface area contributed by atoms with E-state index in [9.17, 15) is 9.59 Å². The Kier molecular flexibility index (Phi) is 8.03. The Morgan fingerprint density at radius 3 is 2.48 bits per heavy atom. The van der Waals surface area contributed by atoms with Crippen LogP contribution < -0.4 is 10.2 Å². The maximum atomic E-state index is 9.55. The van der Waals surface area contributed by atoms with Crippen molar-refractivity contribution in [3.8, 4) is 6.07 Å². The third-order valence-corrected chi connectivity index (χ3v) is 4.99. The highest BCUT2D eigenvalue weighted by atomic mass is 32.2. The topological polar surface area (TPSA) is 139 Å². The molecule has 1 aromatic heterocycles. The average Bonchev–Trinajstić information content (AvgIpc) is 2.67. The number of thioether (sulfide) groups is 1. The number of hydrogen-bond donors (Lipinski definition) is 3. The number of carbonyl (C=O) groups is 2. The number of hydrogen-bond acceptors (Lipinski definition) is 8. The van der Waals surface area contributed by atoms with Crippen LogP contribution in [0.3, 0.4) is 0 Å². The zero-order chi connectivity index (χ0) is 19.6. The van der Waals surface area contributed by atoms with Crippen LogP contribution in [0.5, 0.6) is 0 Å². The summed E-state index contributed by atoms with van der Waals surface area (Å²) >= 11 is 1.87. The van der Waals surface area contributed by atoms with E-state index in [1.165, 1.54) is 11.3 Å². The number of nitriles is 1. The van der Waals surface area contributed by atoms with Crippen LogP contribution in [0.25, 0.3) is 0 Å². The first-order valence-electron chi connectivity index (χ1n) is 8.50. The summed E-state index contributed by atoms with van der Waals surface area (Å²) in [5, 5.41) is 27.9. The molecule has 0 amide bonds. The fourth-order valence-corrected chi connectivity index (χ4v) is 3.76. The highest BCUT2D eigenvalue weighted by molar-refractivity contribution is 7.99. The van der Waals surface area contributed by atoms with Gasteiger partial charge in [0.2, 0.25) is 0 Å². The lowest BCUT2D eigenvalue weighted by Gasteiger charge is -2.31. The summed E-state index contributed by atoms with van der Waals surface area (Å²) in [6, 6.07) is 2.16. The van der Waals surface area contributed by atoms with Crippen LogP contribution in [0.2, 0.25) is 0 Å². The summed E-state index contributed by atoms with van der Waals surface area (Å²) in [5.74, 6) is 0.367. The molecule has 0 atom stereocenters. The molecule has 0 saturated carbocycles. The third-order valence-electron chi connectivity index (χ3n) is 3.79. The fourth-order valence-electron chi connectivity index (χ4n) is 2.65. The Morgan fingerprint density at radius 2 is 1.89 bits per heavy atom. The lowest BCUT2D eigenvalue weighted by Crippen LogP contribution is -2.44. The van der Waals surface area contributed by atoms with E-state index >= 15 is 0 Å². The van der Waals surface area contributed by atoms with Gasteiger partial charge in [-0.1, -0.05) is 0 Å². The molecule has 10 heteroatoms. The Labute approximate surface area is 161 Å². The van der Waals surface area contributed by atoms with Gasteiger partial charge in [0.05, 0.1) is 23.1 Å². The molecule has 0 aliphatic carbocycles. The van der Waals surface area contributed by atoms with Crippen molar-refractivity contribution in [3.63, 3.8) is 0 Å². The summed E-state index contributed by atoms with van der Waals surface area (Å²) in [6.45, 7) is 3.96. The van der Waals surface area contributed by atoms with Crippen molar-refractivity contribution < 1.29 is 19.8 Å². The highest BCUT2D eigenvalue weighted by Gasteiger charge is 2.23. The summed E-state index contributed by atoms with van der Waals surface area (Å²) in [6.07, 6.45) is 3.60. The van der Waals surface area contributed by atoms with Gasteiger partial charge < -0.3 is 20.4 Å². The molecule has 3 rings (SSSR count). The molecule has 0 unspecified atom stereocenters. The van der Waals surface area contributed by atoms with Crippen molar-refractivity contribution in [3.05, 3.63) is 23.7 Å². The van der Waals surface area contributed by atoms with Gasteiger partial charge in [-0.15, -0.1) is 11.8 Å². The maximum Gasteiger partial charge on any atom is 0.328 e. The zero-order valence-corrected chi connectivity index (χ0v) is 15.5. The van der Waals surface area contributed by atoms with E-state index in [-0.39, 0.29) is 0 Å². The van der Waals surface area contributed by atoms with Crippen LogP contribution in [-0.4, -0.2) is 64.1 Å². The van der Waals surface area contributed by atoms with Crippen LogP contribution in [0.1, 0.15) is 17.9 Å². The molecule has 2 aliphatic heterocycles. The van der Waals surface area contributed by atoms with E-state index in [4.69, 9.17) is 15.5 Å². The molecule has 0 aromatic carbocycles. The molecule has 2 aliphatic rings. The molecule has 0 spiro atoms. The standard InChI is InChI=1S/C13H17N5S.C4H4O4/c14-4-3-11-16-10-2-1-9-19-12(10)13(17-11)18-7-5-15-6-8-18;5-3(6)1-2-4(7)8/h15H,1-3,5-9H2;1-2H,(H,5,6)(H,7,8). The Hall–Kier alpha value is -2.64. The van der Waals surface area contributed by atoms with Gasteiger partial charge in [-0.05, 0) is 18.6 Å². The molecule has 144 valence electrons. The SMILES string of the molecule is N#CCc1nc2c(c(N3CCNCC3)n1)SCCC2.O=C(O)C=CC(=O)O. The predicted molar refractivity (Wildman–Crippen MR) is 99.9 cm³/mol. The Morgan fingerprint density at radius 1 is 1.22 bits per heavy atom. The first-order valence-corrected chi connectivity index (χ1v) is 9.49. The Bertz CT molecular complexity index is 740. The van der Waals surface area contributed by atoms with E-state index in [2.05, 4.69) is 26.3 Å². The number of carboxylic acids is 2. The number of aromatic nitrogens is 2. The number of anilines is 1. The van der Waals surface area contributed by atoms with Gasteiger partial charge in [-0.2, -0.15) is 5.26 Å². The summed E-state index contributed by atoms with van der Waals surface area (Å²) in [5.41, 5.74) is 1.14. The molecule has 0 bridgehead atoms. The molecule has 1 fully saturated rings. The first-order chi connectivity index (χ1) is 13.0. The average molecular weight is 391 g/mol. The number of rotatable bonds is 4. The third kappa shape index (κ3) is 6.54. The quantitative estimate of drug-likeness (QED) is 0.628. The van der Waals surface area contributed by atoms with Crippen molar-refractivity contribution in [1.82, 2.24) is 15.3 Å². The van der Waals surface area contributed by atoms with E-state index in [1.54, 1.807) is 0 Å². The van der Waals surface area contributed by atoms with Crippen molar-refractivity contribution in [2.24, 2.45) is 0 Å². The molecule has 9 nitrogen and oxygen atoms in total. The van der Waals surface area contributed by atoms with Crippen LogP contribution in [0, 0.1) is 11.3 Å². The number of nitrogens with one attached hydrogen (secondary N) is 1. The molecule has 1 saturated heterocycles. The summed E-state index contributed by atoms with van der Waals surface area (Å²) < 4.78 is 0. The second-order valence-electron chi connectivity index (χ2n) is 5.77. The first kappa shape index (κ1) is 20.7. The molecule has 3 N–H and O–H groups in total. The largest absolute Gasteiger partial charge is 0.478 e. The van der Waals surface area contributed by atoms with Gasteiger partial charge >= 0.3 is 11.9 Å². The second kappa shape index (κ2) is 10.5. The van der Waals surface area contributed by atoms with E-state index in [1.807, 2.05) is 11.8 Å². The van der Waals surface area contributed by atoms with Crippen molar-refractivity contribution in [1.29, 1.82) is 5.26 Å². The summed E-state index contributed by atoms with van der Waals surface area (Å²) in [4.78, 5) is 31.9. The van der Waals surface area contributed by atoms with E-state index < -0.39 is 11.9 Å². The fraction of sp³-hybridized carbons (Fsp3) is 0.471. The van der Waals surface area contributed by atoms with Crippen molar-refractivity contribution in [2.75, 3.05) is 36.8 Å². The summed E-state index contributed by atoms with van der Waals surface area (Å²) in [7, 11) is 0. The minimum absolute atomic E-state index is 0.303. The number of aliphatic carboxylic acids is 2. The highest BCUT2D eigenvalue weighted by Crippen LogP contribution is 2.36. The number of carboxylic acid groups (broad SMARTS) is 2. The van der Waals surface area contributed by atoms with Gasteiger partial charge in [-0.25, -0.2) is 19.6 Å². The van der Waals surface area contributed by atoms with Crippen LogP contribution >= 0.6 is 11.8 Å². The van der Waals surface area contributed by atoms with Crippen molar-refractivity contribution in [2.45, 2.75) is 24.2 Å². The van der Waals surface area contributed by atoms with Crippen LogP contribution in [0.15, 0.2) is 17.0 Å². The monoisotopic (exact) mass is 391 g/mol.